The lowest BCUT2D eigenvalue weighted by atomic mass is 9.95. The van der Waals surface area contributed by atoms with Crippen molar-refractivity contribution in [3.63, 3.8) is 0 Å². The van der Waals surface area contributed by atoms with Gasteiger partial charge in [0.05, 0.1) is 18.7 Å². The van der Waals surface area contributed by atoms with Crippen LogP contribution in [0.5, 0.6) is 5.75 Å². The van der Waals surface area contributed by atoms with E-state index in [1.165, 1.54) is 19.2 Å². The summed E-state index contributed by atoms with van der Waals surface area (Å²) in [6.45, 7) is 3.54. The zero-order valence-corrected chi connectivity index (χ0v) is 12.1. The van der Waals surface area contributed by atoms with Crippen LogP contribution >= 0.6 is 0 Å². The monoisotopic (exact) mass is 280 g/mol. The molecular weight excluding hydrogens is 259 g/mol. The van der Waals surface area contributed by atoms with E-state index in [4.69, 9.17) is 10.5 Å². The Hall–Kier alpha value is -1.62. The van der Waals surface area contributed by atoms with E-state index in [-0.39, 0.29) is 23.7 Å². The largest absolute Gasteiger partial charge is 0.496 e. The van der Waals surface area contributed by atoms with Crippen molar-refractivity contribution in [1.29, 1.82) is 0 Å². The van der Waals surface area contributed by atoms with Gasteiger partial charge in [-0.15, -0.1) is 0 Å². The van der Waals surface area contributed by atoms with Crippen LogP contribution in [0.2, 0.25) is 0 Å². The summed E-state index contributed by atoms with van der Waals surface area (Å²) >= 11 is 0. The van der Waals surface area contributed by atoms with Crippen LogP contribution in [0.15, 0.2) is 18.2 Å². The van der Waals surface area contributed by atoms with Crippen molar-refractivity contribution < 1.29 is 13.9 Å². The maximum atomic E-state index is 13.4. The fourth-order valence-electron chi connectivity index (χ4n) is 2.34. The molecule has 4 nitrogen and oxygen atoms in total. The third-order valence-corrected chi connectivity index (χ3v) is 3.92. The van der Waals surface area contributed by atoms with Crippen LogP contribution in [-0.2, 0) is 4.79 Å². The molecule has 0 aliphatic heterocycles. The first-order valence-corrected chi connectivity index (χ1v) is 6.79. The molecule has 0 heterocycles. The number of methoxy groups -OCH3 is 1. The van der Waals surface area contributed by atoms with E-state index in [0.29, 0.717) is 11.3 Å². The van der Waals surface area contributed by atoms with Crippen LogP contribution in [0.3, 0.4) is 0 Å². The lowest BCUT2D eigenvalue weighted by Gasteiger charge is -2.26. The van der Waals surface area contributed by atoms with Crippen LogP contribution < -0.4 is 15.8 Å². The van der Waals surface area contributed by atoms with Crippen molar-refractivity contribution in [3.8, 4) is 5.75 Å². The standard InChI is InChI=1S/C15H21FN2O2/c1-9(12-8-11(16)6-7-13(12)20-3)18-14(19)15(2,17)10-4-5-10/h6-10H,4-5,17H2,1-3H3,(H,18,19). The normalized spacial score (nSPS) is 19.1. The molecule has 2 rings (SSSR count). The van der Waals surface area contributed by atoms with Crippen LogP contribution in [0.25, 0.3) is 0 Å². The fraction of sp³-hybridized carbons (Fsp3) is 0.533. The molecule has 1 fully saturated rings. The smallest absolute Gasteiger partial charge is 0.240 e. The molecule has 0 bridgehead atoms. The van der Waals surface area contributed by atoms with Crippen molar-refractivity contribution in [2.75, 3.05) is 7.11 Å². The highest BCUT2D eigenvalue weighted by Gasteiger charge is 2.44. The minimum atomic E-state index is -0.866. The van der Waals surface area contributed by atoms with Crippen molar-refractivity contribution in [3.05, 3.63) is 29.6 Å². The number of hydrogen-bond donors (Lipinski definition) is 2. The topological polar surface area (TPSA) is 64.3 Å². The van der Waals surface area contributed by atoms with E-state index in [9.17, 15) is 9.18 Å². The van der Waals surface area contributed by atoms with E-state index < -0.39 is 5.54 Å². The SMILES string of the molecule is COc1ccc(F)cc1C(C)NC(=O)C(C)(N)C1CC1. The summed E-state index contributed by atoms with van der Waals surface area (Å²) < 4.78 is 18.6. The van der Waals surface area contributed by atoms with Gasteiger partial charge in [-0.05, 0) is 50.8 Å². The number of benzene rings is 1. The number of amides is 1. The Morgan fingerprint density at radius 2 is 2.20 bits per heavy atom. The van der Waals surface area contributed by atoms with Gasteiger partial charge in [0, 0.05) is 5.56 Å². The molecule has 0 saturated heterocycles. The third-order valence-electron chi connectivity index (χ3n) is 3.92. The zero-order valence-electron chi connectivity index (χ0n) is 12.1. The van der Waals surface area contributed by atoms with Crippen molar-refractivity contribution in [2.45, 2.75) is 38.3 Å². The highest BCUT2D eigenvalue weighted by Crippen LogP contribution is 2.38. The summed E-state index contributed by atoms with van der Waals surface area (Å²) in [7, 11) is 1.52. The minimum Gasteiger partial charge on any atom is -0.496 e. The van der Waals surface area contributed by atoms with Gasteiger partial charge in [-0.25, -0.2) is 4.39 Å². The second-order valence-electron chi connectivity index (χ2n) is 5.64. The van der Waals surface area contributed by atoms with Gasteiger partial charge < -0.3 is 15.8 Å². The Morgan fingerprint density at radius 1 is 1.55 bits per heavy atom. The van der Waals surface area contributed by atoms with E-state index in [1.807, 2.05) is 0 Å². The van der Waals surface area contributed by atoms with Gasteiger partial charge in [-0.3, -0.25) is 4.79 Å². The van der Waals surface area contributed by atoms with Crippen LogP contribution in [0.4, 0.5) is 4.39 Å². The number of ether oxygens (including phenoxy) is 1. The molecule has 3 N–H and O–H groups in total. The highest BCUT2D eigenvalue weighted by molar-refractivity contribution is 5.86. The Morgan fingerprint density at radius 3 is 2.75 bits per heavy atom. The Bertz CT molecular complexity index is 513. The molecule has 1 amide bonds. The highest BCUT2D eigenvalue weighted by atomic mass is 19.1. The van der Waals surface area contributed by atoms with Crippen molar-refractivity contribution >= 4 is 5.91 Å². The van der Waals surface area contributed by atoms with Gasteiger partial charge in [-0.1, -0.05) is 0 Å². The molecule has 1 saturated carbocycles. The second-order valence-corrected chi connectivity index (χ2v) is 5.64. The molecule has 1 aliphatic rings. The Kier molecular flexibility index (Phi) is 3.99. The number of rotatable bonds is 5. The Labute approximate surface area is 118 Å². The molecular formula is C15H21FN2O2. The molecule has 0 aromatic heterocycles. The number of halogens is 1. The van der Waals surface area contributed by atoms with Crippen LogP contribution in [-0.4, -0.2) is 18.6 Å². The van der Waals surface area contributed by atoms with Crippen LogP contribution in [0, 0.1) is 11.7 Å². The van der Waals surface area contributed by atoms with Crippen LogP contribution in [0.1, 0.15) is 38.3 Å². The molecule has 1 aromatic rings. The van der Waals surface area contributed by atoms with Crippen molar-refractivity contribution in [1.82, 2.24) is 5.32 Å². The number of nitrogens with one attached hydrogen (secondary N) is 1. The lowest BCUT2D eigenvalue weighted by Crippen LogP contribution is -2.53. The van der Waals surface area contributed by atoms with Gasteiger partial charge in [-0.2, -0.15) is 0 Å². The maximum Gasteiger partial charge on any atom is 0.240 e. The second kappa shape index (κ2) is 5.40. The predicted molar refractivity (Wildman–Crippen MR) is 74.8 cm³/mol. The molecule has 2 atom stereocenters. The third kappa shape index (κ3) is 2.93. The summed E-state index contributed by atoms with van der Waals surface area (Å²) in [6.07, 6.45) is 1.97. The zero-order chi connectivity index (χ0) is 14.9. The summed E-state index contributed by atoms with van der Waals surface area (Å²) in [5.41, 5.74) is 5.81. The van der Waals surface area contributed by atoms with Crippen molar-refractivity contribution in [2.24, 2.45) is 11.7 Å². The summed E-state index contributed by atoms with van der Waals surface area (Å²) in [5.74, 6) is 0.215. The molecule has 1 aromatic carbocycles. The quantitative estimate of drug-likeness (QED) is 0.868. The number of carbonyl (C=O) groups excluding carboxylic acids is 1. The summed E-state index contributed by atoms with van der Waals surface area (Å²) in [5, 5.41) is 2.85. The van der Waals surface area contributed by atoms with Gasteiger partial charge in [0.1, 0.15) is 11.6 Å². The molecule has 2 unspecified atom stereocenters. The van der Waals surface area contributed by atoms with Gasteiger partial charge >= 0.3 is 0 Å². The molecule has 5 heteroatoms. The Balaban J connectivity index is 2.13. The lowest BCUT2D eigenvalue weighted by molar-refractivity contribution is -0.127. The summed E-state index contributed by atoms with van der Waals surface area (Å²) in [4.78, 5) is 12.2. The fourth-order valence-corrected chi connectivity index (χ4v) is 2.34. The molecule has 20 heavy (non-hydrogen) atoms. The molecule has 0 radical (unpaired) electrons. The number of carbonyl (C=O) groups is 1. The van der Waals surface area contributed by atoms with E-state index in [2.05, 4.69) is 5.32 Å². The average Bonchev–Trinajstić information content (AvgIpc) is 3.23. The first-order chi connectivity index (χ1) is 9.36. The van der Waals surface area contributed by atoms with Gasteiger partial charge in [0.25, 0.3) is 0 Å². The number of hydrogen-bond acceptors (Lipinski definition) is 3. The minimum absolute atomic E-state index is 0.209. The summed E-state index contributed by atoms with van der Waals surface area (Å²) in [6, 6.07) is 3.88. The predicted octanol–water partition coefficient (Wildman–Crippen LogP) is 2.14. The first kappa shape index (κ1) is 14.8. The van der Waals surface area contributed by atoms with E-state index >= 15 is 0 Å². The average molecular weight is 280 g/mol. The van der Waals surface area contributed by atoms with Gasteiger partial charge in [0.2, 0.25) is 5.91 Å². The van der Waals surface area contributed by atoms with E-state index in [0.717, 1.165) is 12.8 Å². The molecule has 0 spiro atoms. The van der Waals surface area contributed by atoms with E-state index in [1.54, 1.807) is 19.9 Å². The van der Waals surface area contributed by atoms with Gasteiger partial charge in [0.15, 0.2) is 0 Å². The number of nitrogens with two attached hydrogens (primary N) is 1. The molecule has 110 valence electrons. The maximum absolute atomic E-state index is 13.4. The first-order valence-electron chi connectivity index (χ1n) is 6.79. The molecule has 1 aliphatic carbocycles.